The molecule has 68 heavy (non-hydrogen) atoms. The van der Waals surface area contributed by atoms with Crippen LogP contribution in [0.1, 0.15) is 22.3 Å². The van der Waals surface area contributed by atoms with Crippen LogP contribution in [0, 0.1) is 0 Å². The predicted octanol–water partition coefficient (Wildman–Crippen LogP) is 15.6. The number of aromatic nitrogens is 4. The van der Waals surface area contributed by atoms with Gasteiger partial charge in [-0.3, -0.25) is 0 Å². The van der Waals surface area contributed by atoms with Crippen LogP contribution in [0.3, 0.4) is 0 Å². The largest absolute Gasteiger partial charge is 0.309 e. The molecule has 12 aromatic rings. The first-order valence-electron chi connectivity index (χ1n) is 23.3. The molecular weight excluding hydrogens is 825 g/mol. The predicted molar refractivity (Wildman–Crippen MR) is 278 cm³/mol. The fraction of sp³-hybridized carbons (Fsp3) is 0.0156. The summed E-state index contributed by atoms with van der Waals surface area (Å²) >= 11 is 0. The van der Waals surface area contributed by atoms with Gasteiger partial charge in [0.2, 0.25) is 0 Å². The van der Waals surface area contributed by atoms with Crippen molar-refractivity contribution in [3.8, 4) is 84.4 Å². The highest BCUT2D eigenvalue weighted by atomic mass is 15.0. The number of fused-ring (bicyclic) bond motifs is 13. The Labute approximate surface area is 394 Å². The van der Waals surface area contributed by atoms with Gasteiger partial charge >= 0.3 is 0 Å². The zero-order valence-corrected chi connectivity index (χ0v) is 36.9. The van der Waals surface area contributed by atoms with Gasteiger partial charge in [-0.1, -0.05) is 200 Å². The maximum absolute atomic E-state index is 5.18. The van der Waals surface area contributed by atoms with E-state index in [1.165, 1.54) is 66.4 Å². The van der Waals surface area contributed by atoms with Crippen LogP contribution in [0.2, 0.25) is 0 Å². The SMILES string of the molecule is c1ccc(-c2cccc(-c3nc(-c4ccccc4)nc(-c4cccc(-n5c6ccccc6c6cc(-c7ccc8c(c7)C7(c9ccccc9-c9ccccc97)c7ccccc7-8)ccc65)c4)n3)c2)cc1. The van der Waals surface area contributed by atoms with Gasteiger partial charge in [-0.2, -0.15) is 0 Å². The van der Waals surface area contributed by atoms with Crippen LogP contribution in [-0.4, -0.2) is 19.5 Å². The van der Waals surface area contributed by atoms with E-state index < -0.39 is 5.41 Å². The number of benzene rings is 10. The lowest BCUT2D eigenvalue weighted by Crippen LogP contribution is -2.25. The average molecular weight is 865 g/mol. The summed E-state index contributed by atoms with van der Waals surface area (Å²) in [6.07, 6.45) is 0. The Morgan fingerprint density at radius 1 is 0.265 bits per heavy atom. The third kappa shape index (κ3) is 5.71. The lowest BCUT2D eigenvalue weighted by atomic mass is 9.70. The standard InChI is InChI=1S/C64H40N4/c1-3-17-41(18-4-1)43-21-15-22-46(37-43)62-65-61(42-19-5-2-6-20-42)66-63(67-62)47-23-16-24-48(38-47)68-59-32-14-10-28-53(59)54-39-44(34-36-60(54)68)45-33-35-52-51-27-9-13-31-57(51)64(58(52)40-45)55-29-11-7-25-49(55)50-26-8-12-30-56(50)64/h1-40H. The summed E-state index contributed by atoms with van der Waals surface area (Å²) in [5.41, 5.74) is 21.0. The first kappa shape index (κ1) is 38.3. The van der Waals surface area contributed by atoms with Crippen molar-refractivity contribution in [3.05, 3.63) is 265 Å². The van der Waals surface area contributed by atoms with Crippen LogP contribution in [0.5, 0.6) is 0 Å². The molecule has 0 saturated carbocycles. The molecular formula is C64H40N4. The second kappa shape index (κ2) is 15.0. The molecule has 2 aliphatic rings. The highest BCUT2D eigenvalue weighted by Crippen LogP contribution is 2.63. The molecule has 1 spiro atoms. The van der Waals surface area contributed by atoms with E-state index in [0.717, 1.165) is 44.5 Å². The molecule has 2 aliphatic carbocycles. The molecule has 10 aromatic carbocycles. The van der Waals surface area contributed by atoms with Crippen molar-refractivity contribution in [1.29, 1.82) is 0 Å². The molecule has 0 aliphatic heterocycles. The van der Waals surface area contributed by atoms with Gasteiger partial charge < -0.3 is 4.57 Å². The van der Waals surface area contributed by atoms with Gasteiger partial charge in [-0.25, -0.2) is 15.0 Å². The summed E-state index contributed by atoms with van der Waals surface area (Å²) in [6.45, 7) is 0. The summed E-state index contributed by atoms with van der Waals surface area (Å²) in [5.74, 6) is 1.88. The number of para-hydroxylation sites is 1. The molecule has 0 atom stereocenters. The fourth-order valence-corrected chi connectivity index (χ4v) is 11.3. The van der Waals surface area contributed by atoms with E-state index >= 15 is 0 Å². The first-order valence-corrected chi connectivity index (χ1v) is 23.3. The Morgan fingerprint density at radius 3 is 1.40 bits per heavy atom. The minimum absolute atomic E-state index is 0.395. The minimum atomic E-state index is -0.395. The minimum Gasteiger partial charge on any atom is -0.309 e. The normalized spacial score (nSPS) is 12.8. The number of hydrogen-bond donors (Lipinski definition) is 0. The second-order valence-corrected chi connectivity index (χ2v) is 17.9. The summed E-state index contributed by atoms with van der Waals surface area (Å²) in [7, 11) is 0. The van der Waals surface area contributed by atoms with E-state index in [0.29, 0.717) is 17.5 Å². The first-order chi connectivity index (χ1) is 33.7. The third-order valence-electron chi connectivity index (χ3n) is 14.3. The molecule has 0 bridgehead atoms. The Morgan fingerprint density at radius 2 is 0.721 bits per heavy atom. The summed E-state index contributed by atoms with van der Waals surface area (Å²) in [4.78, 5) is 15.4. The lowest BCUT2D eigenvalue weighted by Gasteiger charge is -2.30. The van der Waals surface area contributed by atoms with Gasteiger partial charge in [0.1, 0.15) is 0 Å². The van der Waals surface area contributed by atoms with E-state index in [9.17, 15) is 0 Å². The Balaban J connectivity index is 0.901. The van der Waals surface area contributed by atoms with Crippen molar-refractivity contribution >= 4 is 21.8 Å². The average Bonchev–Trinajstić information content (AvgIpc) is 4.03. The second-order valence-electron chi connectivity index (χ2n) is 17.9. The van der Waals surface area contributed by atoms with Gasteiger partial charge in [0.15, 0.2) is 17.5 Å². The summed E-state index contributed by atoms with van der Waals surface area (Å²) < 4.78 is 2.38. The van der Waals surface area contributed by atoms with Gasteiger partial charge in [-0.05, 0) is 109 Å². The highest BCUT2D eigenvalue weighted by Gasteiger charge is 2.51. The van der Waals surface area contributed by atoms with E-state index in [4.69, 9.17) is 15.0 Å². The van der Waals surface area contributed by atoms with Crippen LogP contribution in [0.25, 0.3) is 106 Å². The van der Waals surface area contributed by atoms with Gasteiger partial charge in [-0.15, -0.1) is 0 Å². The molecule has 0 unspecified atom stereocenters. The van der Waals surface area contributed by atoms with Gasteiger partial charge in [0.05, 0.1) is 16.4 Å². The topological polar surface area (TPSA) is 43.6 Å². The molecule has 4 heteroatoms. The van der Waals surface area contributed by atoms with Crippen LogP contribution >= 0.6 is 0 Å². The number of nitrogens with zero attached hydrogens (tertiary/aromatic N) is 4. The van der Waals surface area contributed by atoms with Crippen molar-refractivity contribution in [2.45, 2.75) is 5.41 Å². The van der Waals surface area contributed by atoms with E-state index in [-0.39, 0.29) is 0 Å². The van der Waals surface area contributed by atoms with Crippen LogP contribution in [-0.2, 0) is 5.41 Å². The molecule has 0 saturated heterocycles. The van der Waals surface area contributed by atoms with Crippen molar-refractivity contribution in [3.63, 3.8) is 0 Å². The maximum Gasteiger partial charge on any atom is 0.164 e. The quantitative estimate of drug-likeness (QED) is 0.167. The molecule has 2 heterocycles. The number of rotatable bonds is 6. The van der Waals surface area contributed by atoms with Crippen molar-refractivity contribution in [2.24, 2.45) is 0 Å². The van der Waals surface area contributed by atoms with Crippen molar-refractivity contribution in [1.82, 2.24) is 19.5 Å². The molecule has 0 fully saturated rings. The van der Waals surface area contributed by atoms with E-state index in [2.05, 4.69) is 223 Å². The Hall–Kier alpha value is -8.99. The summed E-state index contributed by atoms with van der Waals surface area (Å²) in [6, 6.07) is 87.6. The fourth-order valence-electron chi connectivity index (χ4n) is 11.3. The van der Waals surface area contributed by atoms with Gasteiger partial charge in [0, 0.05) is 33.2 Å². The zero-order valence-electron chi connectivity index (χ0n) is 36.9. The summed E-state index contributed by atoms with van der Waals surface area (Å²) in [5, 5.41) is 2.40. The molecule has 0 radical (unpaired) electrons. The molecule has 14 rings (SSSR count). The van der Waals surface area contributed by atoms with E-state index in [1.807, 2.05) is 24.3 Å². The van der Waals surface area contributed by atoms with Crippen molar-refractivity contribution < 1.29 is 0 Å². The number of hydrogen-bond acceptors (Lipinski definition) is 3. The zero-order chi connectivity index (χ0) is 44.8. The van der Waals surface area contributed by atoms with Crippen LogP contribution < -0.4 is 0 Å². The molecule has 0 N–H and O–H groups in total. The highest BCUT2D eigenvalue weighted by molar-refractivity contribution is 6.10. The van der Waals surface area contributed by atoms with Crippen LogP contribution in [0.4, 0.5) is 0 Å². The third-order valence-corrected chi connectivity index (χ3v) is 14.3. The van der Waals surface area contributed by atoms with E-state index in [1.54, 1.807) is 0 Å². The van der Waals surface area contributed by atoms with Gasteiger partial charge in [0.25, 0.3) is 0 Å². The Bertz CT molecular complexity index is 3920. The molecule has 2 aromatic heterocycles. The monoisotopic (exact) mass is 864 g/mol. The van der Waals surface area contributed by atoms with Crippen LogP contribution in [0.15, 0.2) is 243 Å². The van der Waals surface area contributed by atoms with Crippen molar-refractivity contribution in [2.75, 3.05) is 0 Å². The smallest absolute Gasteiger partial charge is 0.164 e. The molecule has 316 valence electrons. The molecule has 0 amide bonds. The Kier molecular flexibility index (Phi) is 8.46. The molecule has 4 nitrogen and oxygen atoms in total. The maximum atomic E-state index is 5.18. The lowest BCUT2D eigenvalue weighted by molar-refractivity contribution is 0.794.